The van der Waals surface area contributed by atoms with E-state index < -0.39 is 0 Å². The number of aliphatic hydroxyl groups excluding tert-OH is 1. The van der Waals surface area contributed by atoms with Gasteiger partial charge in [0.05, 0.1) is 6.61 Å². The zero-order valence-electron chi connectivity index (χ0n) is 13.6. The zero-order chi connectivity index (χ0) is 16.8. The molecule has 0 saturated carbocycles. The monoisotopic (exact) mass is 343 g/mol. The number of tetrazole rings is 1. The third-order valence-corrected chi connectivity index (χ3v) is 4.94. The lowest BCUT2D eigenvalue weighted by atomic mass is 10.1. The van der Waals surface area contributed by atoms with Crippen LogP contribution >= 0.6 is 11.3 Å². The van der Waals surface area contributed by atoms with Gasteiger partial charge in [0.15, 0.2) is 0 Å². The van der Waals surface area contributed by atoms with E-state index in [0.717, 1.165) is 25.1 Å². The first-order chi connectivity index (χ1) is 11.8. The van der Waals surface area contributed by atoms with Gasteiger partial charge in [-0.1, -0.05) is 37.3 Å². The molecular formula is C17H21N5OS. The van der Waals surface area contributed by atoms with E-state index in [1.54, 1.807) is 11.3 Å². The number of benzene rings is 1. The van der Waals surface area contributed by atoms with Crippen molar-refractivity contribution in [1.29, 1.82) is 0 Å². The molecule has 0 bridgehead atoms. The van der Waals surface area contributed by atoms with Crippen LogP contribution in [0.4, 0.5) is 0 Å². The van der Waals surface area contributed by atoms with E-state index in [-0.39, 0.29) is 12.6 Å². The zero-order valence-corrected chi connectivity index (χ0v) is 14.4. The Morgan fingerprint density at radius 1 is 1.21 bits per heavy atom. The van der Waals surface area contributed by atoms with Gasteiger partial charge < -0.3 is 5.11 Å². The van der Waals surface area contributed by atoms with E-state index in [0.29, 0.717) is 5.82 Å². The Balaban J connectivity index is 1.73. The highest BCUT2D eigenvalue weighted by molar-refractivity contribution is 7.09. The van der Waals surface area contributed by atoms with Gasteiger partial charge in [0.2, 0.25) is 5.82 Å². The maximum absolute atomic E-state index is 9.71. The van der Waals surface area contributed by atoms with Crippen molar-refractivity contribution < 1.29 is 5.11 Å². The van der Waals surface area contributed by atoms with Crippen molar-refractivity contribution in [2.75, 3.05) is 6.61 Å². The minimum atomic E-state index is 0.156. The highest BCUT2D eigenvalue weighted by atomic mass is 32.1. The molecule has 2 aromatic heterocycles. The van der Waals surface area contributed by atoms with Gasteiger partial charge >= 0.3 is 0 Å². The van der Waals surface area contributed by atoms with Gasteiger partial charge in [0.25, 0.3) is 0 Å². The van der Waals surface area contributed by atoms with E-state index >= 15 is 0 Å². The van der Waals surface area contributed by atoms with E-state index in [1.807, 2.05) is 12.1 Å². The Hall–Kier alpha value is -2.09. The summed E-state index contributed by atoms with van der Waals surface area (Å²) in [5.41, 5.74) is 2.14. The van der Waals surface area contributed by atoms with E-state index in [1.165, 1.54) is 10.4 Å². The van der Waals surface area contributed by atoms with Crippen molar-refractivity contribution in [3.8, 4) is 11.4 Å². The summed E-state index contributed by atoms with van der Waals surface area (Å²) in [4.78, 5) is 3.64. The number of thiophene rings is 1. The number of H-pyrrole nitrogens is 1. The molecule has 7 heteroatoms. The van der Waals surface area contributed by atoms with Crippen molar-refractivity contribution in [2.24, 2.45) is 0 Å². The predicted octanol–water partition coefficient (Wildman–Crippen LogP) is 2.70. The number of hydrogen-bond acceptors (Lipinski definition) is 6. The maximum Gasteiger partial charge on any atom is 0.204 e. The standard InChI is InChI=1S/C17H21N5OS/c1-2-15(12-23)22(11-16-4-3-9-24-16)10-13-5-7-14(8-6-13)17-18-20-21-19-17/h3-9,15,23H,2,10-12H2,1H3,(H,18,19,20,21)/t15-/m0/s1. The fourth-order valence-electron chi connectivity index (χ4n) is 2.70. The second-order valence-corrected chi connectivity index (χ2v) is 6.69. The van der Waals surface area contributed by atoms with Crippen molar-refractivity contribution in [2.45, 2.75) is 32.5 Å². The van der Waals surface area contributed by atoms with E-state index in [9.17, 15) is 5.11 Å². The molecule has 0 spiro atoms. The van der Waals surface area contributed by atoms with Gasteiger partial charge in [0.1, 0.15) is 0 Å². The number of aliphatic hydroxyl groups is 1. The third-order valence-electron chi connectivity index (χ3n) is 4.08. The largest absolute Gasteiger partial charge is 0.395 e. The Bertz CT molecular complexity index is 708. The Labute approximate surface area is 145 Å². The highest BCUT2D eigenvalue weighted by Gasteiger charge is 2.17. The topological polar surface area (TPSA) is 77.9 Å². The van der Waals surface area contributed by atoms with Crippen LogP contribution in [0.3, 0.4) is 0 Å². The molecule has 0 aliphatic carbocycles. The number of aromatic amines is 1. The Kier molecular flexibility index (Phi) is 5.68. The van der Waals surface area contributed by atoms with Crippen LogP contribution in [0.2, 0.25) is 0 Å². The first kappa shape index (κ1) is 16.8. The van der Waals surface area contributed by atoms with Crippen LogP contribution in [0.25, 0.3) is 11.4 Å². The van der Waals surface area contributed by atoms with Crippen molar-refractivity contribution >= 4 is 11.3 Å². The average Bonchev–Trinajstić information content (AvgIpc) is 3.30. The second kappa shape index (κ2) is 8.14. The molecule has 2 N–H and O–H groups in total. The molecule has 0 saturated heterocycles. The van der Waals surface area contributed by atoms with Crippen molar-refractivity contribution in [3.05, 3.63) is 52.2 Å². The molecule has 0 amide bonds. The quantitative estimate of drug-likeness (QED) is 0.657. The molecule has 0 aliphatic heterocycles. The maximum atomic E-state index is 9.71. The number of nitrogens with one attached hydrogen (secondary N) is 1. The summed E-state index contributed by atoms with van der Waals surface area (Å²) in [6, 6.07) is 12.5. The summed E-state index contributed by atoms with van der Waals surface area (Å²) in [6.07, 6.45) is 0.919. The van der Waals surface area contributed by atoms with Crippen LogP contribution in [0.5, 0.6) is 0 Å². The molecule has 1 atom stereocenters. The van der Waals surface area contributed by atoms with E-state index in [4.69, 9.17) is 0 Å². The molecule has 3 rings (SSSR count). The molecule has 3 aromatic rings. The minimum absolute atomic E-state index is 0.156. The van der Waals surface area contributed by atoms with Crippen LogP contribution in [-0.2, 0) is 13.1 Å². The van der Waals surface area contributed by atoms with Crippen molar-refractivity contribution in [1.82, 2.24) is 25.5 Å². The lowest BCUT2D eigenvalue weighted by molar-refractivity contribution is 0.107. The summed E-state index contributed by atoms with van der Waals surface area (Å²) in [5, 5.41) is 25.8. The number of rotatable bonds is 8. The summed E-state index contributed by atoms with van der Waals surface area (Å²) in [5.74, 6) is 0.596. The average molecular weight is 343 g/mol. The summed E-state index contributed by atoms with van der Waals surface area (Å²) < 4.78 is 0. The SMILES string of the molecule is CC[C@@H](CO)N(Cc1ccc(-c2nn[nH]n2)cc1)Cc1cccs1. The summed E-state index contributed by atoms with van der Waals surface area (Å²) >= 11 is 1.75. The van der Waals surface area contributed by atoms with Crippen LogP contribution in [0.1, 0.15) is 23.8 Å². The van der Waals surface area contributed by atoms with Crippen LogP contribution in [0, 0.1) is 0 Å². The second-order valence-electron chi connectivity index (χ2n) is 5.66. The first-order valence-electron chi connectivity index (χ1n) is 8.00. The van der Waals surface area contributed by atoms with Gasteiger partial charge in [-0.25, -0.2) is 0 Å². The van der Waals surface area contributed by atoms with Crippen molar-refractivity contribution in [3.63, 3.8) is 0 Å². The molecule has 2 heterocycles. The number of nitrogens with zero attached hydrogens (tertiary/aromatic N) is 4. The lowest BCUT2D eigenvalue weighted by Gasteiger charge is -2.29. The normalized spacial score (nSPS) is 12.6. The summed E-state index contributed by atoms with van der Waals surface area (Å²) in [6.45, 7) is 3.93. The molecule has 126 valence electrons. The Morgan fingerprint density at radius 2 is 2.04 bits per heavy atom. The fraction of sp³-hybridized carbons (Fsp3) is 0.353. The number of aromatic nitrogens is 4. The molecule has 24 heavy (non-hydrogen) atoms. The molecule has 0 fully saturated rings. The smallest absolute Gasteiger partial charge is 0.204 e. The molecule has 6 nitrogen and oxygen atoms in total. The third kappa shape index (κ3) is 4.05. The van der Waals surface area contributed by atoms with Gasteiger partial charge in [-0.3, -0.25) is 4.90 Å². The van der Waals surface area contributed by atoms with Gasteiger partial charge in [0, 0.05) is 29.6 Å². The van der Waals surface area contributed by atoms with Gasteiger partial charge in [-0.15, -0.1) is 21.5 Å². The predicted molar refractivity (Wildman–Crippen MR) is 94.3 cm³/mol. The van der Waals surface area contributed by atoms with Crippen LogP contribution < -0.4 is 0 Å². The molecule has 1 aromatic carbocycles. The minimum Gasteiger partial charge on any atom is -0.395 e. The van der Waals surface area contributed by atoms with Gasteiger partial charge in [-0.2, -0.15) is 5.21 Å². The lowest BCUT2D eigenvalue weighted by Crippen LogP contribution is -2.36. The fourth-order valence-corrected chi connectivity index (χ4v) is 3.43. The molecule has 0 radical (unpaired) electrons. The highest BCUT2D eigenvalue weighted by Crippen LogP contribution is 2.20. The molecule has 0 unspecified atom stereocenters. The summed E-state index contributed by atoms with van der Waals surface area (Å²) in [7, 11) is 0. The van der Waals surface area contributed by atoms with Gasteiger partial charge in [-0.05, 0) is 28.6 Å². The Morgan fingerprint density at radius 3 is 2.62 bits per heavy atom. The van der Waals surface area contributed by atoms with E-state index in [2.05, 4.69) is 62.1 Å². The molecule has 0 aliphatic rings. The number of hydrogen-bond donors (Lipinski definition) is 2. The first-order valence-corrected chi connectivity index (χ1v) is 8.88. The van der Waals surface area contributed by atoms with Crippen LogP contribution in [-0.4, -0.2) is 43.3 Å². The van der Waals surface area contributed by atoms with Crippen LogP contribution in [0.15, 0.2) is 41.8 Å². The molecular weight excluding hydrogens is 322 g/mol.